The van der Waals surface area contributed by atoms with Crippen LogP contribution in [-0.4, -0.2) is 35.3 Å². The van der Waals surface area contributed by atoms with Crippen molar-refractivity contribution in [3.05, 3.63) is 0 Å². The van der Waals surface area contributed by atoms with Gasteiger partial charge in [0, 0.05) is 12.3 Å². The molecule has 0 fully saturated rings. The molecule has 8 heteroatoms. The molecule has 2 atom stereocenters. The molecule has 0 radical (unpaired) electrons. The van der Waals surface area contributed by atoms with E-state index in [1.807, 2.05) is 0 Å². The van der Waals surface area contributed by atoms with Crippen LogP contribution in [0.1, 0.15) is 39.5 Å². The zero-order valence-corrected chi connectivity index (χ0v) is 12.9. The van der Waals surface area contributed by atoms with E-state index in [9.17, 15) is 18.9 Å². The van der Waals surface area contributed by atoms with E-state index in [1.165, 1.54) is 0 Å². The smallest absolute Gasteiger partial charge is 0.324 e. The maximum absolute atomic E-state index is 11.3. The fourth-order valence-electron chi connectivity index (χ4n) is 1.51. The van der Waals surface area contributed by atoms with Gasteiger partial charge in [0.2, 0.25) is 0 Å². The van der Waals surface area contributed by atoms with Crippen LogP contribution in [0.3, 0.4) is 0 Å². The van der Waals surface area contributed by atoms with Crippen molar-refractivity contribution in [1.29, 1.82) is 0 Å². The van der Waals surface area contributed by atoms with Crippen molar-refractivity contribution < 1.29 is 28.0 Å². The van der Waals surface area contributed by atoms with Crippen molar-refractivity contribution in [3.63, 3.8) is 0 Å². The molecule has 0 aliphatic rings. The Morgan fingerprint density at radius 1 is 0.778 bits per heavy atom. The highest BCUT2D eigenvalue weighted by Crippen LogP contribution is 2.44. The molecule has 0 saturated carbocycles. The molecule has 0 heterocycles. The van der Waals surface area contributed by atoms with Crippen LogP contribution in [0.4, 0.5) is 0 Å². The molecular formula is C10H24O6P2. The Kier molecular flexibility index (Phi) is 9.40. The first-order chi connectivity index (χ1) is 8.33. The molecule has 0 aliphatic heterocycles. The first-order valence-corrected chi connectivity index (χ1v) is 9.78. The molecule has 2 N–H and O–H groups in total. The minimum atomic E-state index is -3.41. The summed E-state index contributed by atoms with van der Waals surface area (Å²) in [5, 5.41) is 0. The number of unbranched alkanes of at least 4 members (excludes halogenated alkanes) is 3. The molecular weight excluding hydrogens is 278 g/mol. The van der Waals surface area contributed by atoms with Gasteiger partial charge in [0.1, 0.15) is 0 Å². The third-order valence-corrected chi connectivity index (χ3v) is 5.38. The molecule has 0 spiro atoms. The number of hydrogen-bond donors (Lipinski definition) is 2. The van der Waals surface area contributed by atoms with Gasteiger partial charge in [-0.1, -0.05) is 12.8 Å². The van der Waals surface area contributed by atoms with Crippen molar-refractivity contribution in [1.82, 2.24) is 0 Å². The second kappa shape index (κ2) is 9.24. The molecule has 2 unspecified atom stereocenters. The van der Waals surface area contributed by atoms with Crippen molar-refractivity contribution in [2.75, 3.05) is 25.5 Å². The Bertz CT molecular complexity index is 277. The molecule has 0 aromatic rings. The van der Waals surface area contributed by atoms with Gasteiger partial charge in [-0.05, 0) is 26.7 Å². The van der Waals surface area contributed by atoms with Gasteiger partial charge in [0.15, 0.2) is 0 Å². The van der Waals surface area contributed by atoms with E-state index in [0.29, 0.717) is 12.8 Å². The Morgan fingerprint density at radius 3 is 1.39 bits per heavy atom. The van der Waals surface area contributed by atoms with Gasteiger partial charge in [0.25, 0.3) is 0 Å². The van der Waals surface area contributed by atoms with Crippen LogP contribution >= 0.6 is 15.2 Å². The Labute approximate surface area is 109 Å². The molecule has 0 aliphatic carbocycles. The summed E-state index contributed by atoms with van der Waals surface area (Å²) in [6.07, 6.45) is 2.93. The Balaban J connectivity index is 3.58. The van der Waals surface area contributed by atoms with Crippen LogP contribution in [0.25, 0.3) is 0 Å². The summed E-state index contributed by atoms with van der Waals surface area (Å²) in [5.41, 5.74) is 0. The highest BCUT2D eigenvalue weighted by molar-refractivity contribution is 7.53. The highest BCUT2D eigenvalue weighted by atomic mass is 31.2. The third kappa shape index (κ3) is 10.2. The standard InChI is InChI=1S/C10H24O6P2/c1-3-15-17(11,12)9-7-5-6-8-10-18(13,14)16-4-2/h3-10H2,1-2H3,(H,11,12)(H,13,14). The van der Waals surface area contributed by atoms with E-state index < -0.39 is 15.2 Å². The zero-order chi connectivity index (χ0) is 14.1. The van der Waals surface area contributed by atoms with E-state index in [2.05, 4.69) is 0 Å². The fraction of sp³-hybridized carbons (Fsp3) is 1.00. The van der Waals surface area contributed by atoms with Gasteiger partial charge < -0.3 is 18.8 Å². The normalized spacial score (nSPS) is 18.2. The number of rotatable bonds is 11. The quantitative estimate of drug-likeness (QED) is 0.450. The predicted octanol–water partition coefficient (Wildman–Crippen LogP) is 2.99. The summed E-state index contributed by atoms with van der Waals surface area (Å²) in [6.45, 7) is 3.82. The summed E-state index contributed by atoms with van der Waals surface area (Å²) in [5.74, 6) is 0. The van der Waals surface area contributed by atoms with Gasteiger partial charge in [-0.25, -0.2) is 0 Å². The second-order valence-corrected chi connectivity index (χ2v) is 7.93. The van der Waals surface area contributed by atoms with Gasteiger partial charge >= 0.3 is 15.2 Å². The van der Waals surface area contributed by atoms with E-state index in [0.717, 1.165) is 12.8 Å². The molecule has 0 rings (SSSR count). The summed E-state index contributed by atoms with van der Waals surface area (Å²) in [4.78, 5) is 18.6. The lowest BCUT2D eigenvalue weighted by molar-refractivity contribution is 0.270. The van der Waals surface area contributed by atoms with Crippen molar-refractivity contribution >= 4 is 15.2 Å². The maximum Gasteiger partial charge on any atom is 0.328 e. The average molecular weight is 302 g/mol. The van der Waals surface area contributed by atoms with Crippen LogP contribution < -0.4 is 0 Å². The summed E-state index contributed by atoms with van der Waals surface area (Å²) in [7, 11) is -6.83. The highest BCUT2D eigenvalue weighted by Gasteiger charge is 2.19. The summed E-state index contributed by atoms with van der Waals surface area (Å²) >= 11 is 0. The van der Waals surface area contributed by atoms with Gasteiger partial charge in [-0.2, -0.15) is 0 Å². The molecule has 6 nitrogen and oxygen atoms in total. The lowest BCUT2D eigenvalue weighted by Gasteiger charge is -2.11. The average Bonchev–Trinajstić information content (AvgIpc) is 2.22. The summed E-state index contributed by atoms with van der Waals surface area (Å²) < 4.78 is 32.1. The van der Waals surface area contributed by atoms with Gasteiger partial charge in [0.05, 0.1) is 13.2 Å². The van der Waals surface area contributed by atoms with Crippen LogP contribution in [0, 0.1) is 0 Å². The lowest BCUT2D eigenvalue weighted by Crippen LogP contribution is -1.96. The van der Waals surface area contributed by atoms with E-state index in [4.69, 9.17) is 9.05 Å². The third-order valence-electron chi connectivity index (χ3n) is 2.29. The Morgan fingerprint density at radius 2 is 1.11 bits per heavy atom. The molecule has 18 heavy (non-hydrogen) atoms. The lowest BCUT2D eigenvalue weighted by atomic mass is 10.2. The topological polar surface area (TPSA) is 93.1 Å². The Hall–Kier alpha value is 0.300. The molecule has 0 aromatic carbocycles. The fourth-order valence-corrected chi connectivity index (χ4v) is 3.82. The van der Waals surface area contributed by atoms with E-state index >= 15 is 0 Å². The van der Waals surface area contributed by atoms with E-state index in [-0.39, 0.29) is 25.5 Å². The van der Waals surface area contributed by atoms with Crippen molar-refractivity contribution in [3.8, 4) is 0 Å². The largest absolute Gasteiger partial charge is 0.328 e. The van der Waals surface area contributed by atoms with Crippen LogP contribution in [0.5, 0.6) is 0 Å². The van der Waals surface area contributed by atoms with Crippen molar-refractivity contribution in [2.45, 2.75) is 39.5 Å². The molecule has 0 bridgehead atoms. The molecule has 0 aromatic heterocycles. The molecule has 0 amide bonds. The minimum Gasteiger partial charge on any atom is -0.324 e. The van der Waals surface area contributed by atoms with Crippen LogP contribution in [0.15, 0.2) is 0 Å². The SMILES string of the molecule is CCOP(=O)(O)CCCCCCP(=O)(O)OCC. The number of hydrogen-bond acceptors (Lipinski definition) is 4. The van der Waals surface area contributed by atoms with Gasteiger partial charge in [-0.3, -0.25) is 9.13 Å². The van der Waals surface area contributed by atoms with Crippen LogP contribution in [-0.2, 0) is 18.2 Å². The van der Waals surface area contributed by atoms with E-state index in [1.54, 1.807) is 13.8 Å². The monoisotopic (exact) mass is 302 g/mol. The maximum atomic E-state index is 11.3. The second-order valence-electron chi connectivity index (χ2n) is 3.97. The summed E-state index contributed by atoms with van der Waals surface area (Å²) in [6, 6.07) is 0. The molecule has 110 valence electrons. The van der Waals surface area contributed by atoms with Gasteiger partial charge in [-0.15, -0.1) is 0 Å². The first kappa shape index (κ1) is 18.3. The molecule has 0 saturated heterocycles. The van der Waals surface area contributed by atoms with Crippen LogP contribution in [0.2, 0.25) is 0 Å². The first-order valence-electron chi connectivity index (χ1n) is 6.25. The zero-order valence-electron chi connectivity index (χ0n) is 11.1. The predicted molar refractivity (Wildman–Crippen MR) is 71.1 cm³/mol. The van der Waals surface area contributed by atoms with Crippen molar-refractivity contribution in [2.24, 2.45) is 0 Å². The minimum absolute atomic E-state index is 0.142.